The number of thioether (sulfide) groups is 1. The topological polar surface area (TPSA) is 83.6 Å². The van der Waals surface area contributed by atoms with E-state index in [1.54, 1.807) is 0 Å². The highest BCUT2D eigenvalue weighted by Gasteiger charge is 2.16. The van der Waals surface area contributed by atoms with E-state index in [2.05, 4.69) is 38.6 Å². The highest BCUT2D eigenvalue weighted by atomic mass is 32.2. The first-order valence-corrected chi connectivity index (χ1v) is 9.23. The van der Waals surface area contributed by atoms with Crippen LogP contribution in [0.5, 0.6) is 0 Å². The summed E-state index contributed by atoms with van der Waals surface area (Å²) in [5.74, 6) is -0.562. The van der Waals surface area contributed by atoms with E-state index in [1.165, 1.54) is 12.2 Å². The molecule has 2 N–H and O–H groups in total. The van der Waals surface area contributed by atoms with Crippen LogP contribution in [0.25, 0.3) is 22.1 Å². The minimum Gasteiger partial charge on any atom is -0.338 e. The van der Waals surface area contributed by atoms with Crippen LogP contribution in [0.2, 0.25) is 0 Å². The van der Waals surface area contributed by atoms with E-state index in [-0.39, 0.29) is 11.4 Å². The van der Waals surface area contributed by atoms with Gasteiger partial charge in [-0.05, 0) is 25.1 Å². The Labute approximate surface area is 163 Å². The number of aryl methyl sites for hydroxylation is 1. The molecule has 0 aliphatic rings. The number of nitrogens with zero attached hydrogens (tertiary/aromatic N) is 3. The largest absolute Gasteiger partial charge is 0.338 e. The summed E-state index contributed by atoms with van der Waals surface area (Å²) in [6, 6.07) is 5.92. The number of benzene rings is 1. The molecule has 2 aromatic heterocycles. The third kappa shape index (κ3) is 4.25. The number of hydrogen-bond acceptors (Lipinski definition) is 5. The molecule has 0 saturated heterocycles. The van der Waals surface area contributed by atoms with Gasteiger partial charge in [-0.15, -0.1) is 10.2 Å². The number of H-pyrrole nitrogens is 1. The Kier molecular flexibility index (Phi) is 5.84. The summed E-state index contributed by atoms with van der Waals surface area (Å²) in [6.45, 7) is 8.71. The highest BCUT2D eigenvalue weighted by molar-refractivity contribution is 7.99. The van der Waals surface area contributed by atoms with Crippen LogP contribution >= 0.6 is 11.8 Å². The first kappa shape index (κ1) is 19.7. The molecule has 9 heteroatoms. The number of aromatic nitrogens is 4. The zero-order valence-electron chi connectivity index (χ0n) is 15.0. The van der Waals surface area contributed by atoms with E-state index in [0.717, 1.165) is 28.2 Å². The van der Waals surface area contributed by atoms with Crippen molar-refractivity contribution >= 4 is 39.7 Å². The number of aromatic amines is 1. The molecule has 28 heavy (non-hydrogen) atoms. The van der Waals surface area contributed by atoms with Gasteiger partial charge in [0.15, 0.2) is 5.65 Å². The lowest BCUT2D eigenvalue weighted by Gasteiger charge is -2.11. The Morgan fingerprint density at radius 2 is 2.18 bits per heavy atom. The number of rotatable bonds is 7. The fourth-order valence-corrected chi connectivity index (χ4v) is 3.10. The summed E-state index contributed by atoms with van der Waals surface area (Å²) in [5, 5.41) is 11.9. The maximum atomic E-state index is 12.8. The molecule has 3 rings (SSSR count). The third-order valence-electron chi connectivity index (χ3n) is 3.85. The Morgan fingerprint density at radius 3 is 2.89 bits per heavy atom. The predicted molar refractivity (Wildman–Crippen MR) is 106 cm³/mol. The van der Waals surface area contributed by atoms with Crippen molar-refractivity contribution in [3.05, 3.63) is 60.3 Å². The number of carbonyl (C=O) groups is 1. The summed E-state index contributed by atoms with van der Waals surface area (Å²) in [4.78, 5) is 19.6. The van der Waals surface area contributed by atoms with Gasteiger partial charge in [0.2, 0.25) is 11.1 Å². The summed E-state index contributed by atoms with van der Waals surface area (Å²) in [5.41, 5.74) is 2.65. The van der Waals surface area contributed by atoms with Gasteiger partial charge in [-0.25, -0.2) is 13.8 Å². The number of fused-ring (bicyclic) bond motifs is 3. The second-order valence-electron chi connectivity index (χ2n) is 5.94. The quantitative estimate of drug-likeness (QED) is 0.463. The van der Waals surface area contributed by atoms with Gasteiger partial charge in [0.1, 0.15) is 5.52 Å². The van der Waals surface area contributed by atoms with Gasteiger partial charge in [0.05, 0.1) is 5.75 Å². The molecule has 144 valence electrons. The van der Waals surface area contributed by atoms with Gasteiger partial charge in [-0.1, -0.05) is 42.6 Å². The van der Waals surface area contributed by atoms with Crippen molar-refractivity contribution in [3.63, 3.8) is 0 Å². The van der Waals surface area contributed by atoms with Crippen molar-refractivity contribution in [2.45, 2.75) is 18.5 Å². The van der Waals surface area contributed by atoms with Crippen molar-refractivity contribution in [2.75, 3.05) is 5.75 Å². The Balaban J connectivity index is 1.71. The second-order valence-corrected chi connectivity index (χ2v) is 6.89. The number of carbonyl (C=O) groups excluding carboxylic acids is 1. The maximum absolute atomic E-state index is 12.8. The van der Waals surface area contributed by atoms with Crippen LogP contribution in [-0.2, 0) is 4.79 Å². The molecule has 0 atom stereocenters. The summed E-state index contributed by atoms with van der Waals surface area (Å²) in [6.07, 6.45) is -0.206. The van der Waals surface area contributed by atoms with E-state index in [1.807, 2.05) is 25.1 Å². The fourth-order valence-electron chi connectivity index (χ4n) is 2.51. The van der Waals surface area contributed by atoms with E-state index in [9.17, 15) is 13.6 Å². The second kappa shape index (κ2) is 8.30. The number of amides is 1. The summed E-state index contributed by atoms with van der Waals surface area (Å²) >= 11 is 1.05. The molecule has 3 aromatic rings. The Bertz CT molecular complexity index is 1110. The fraction of sp³-hybridized carbons (Fsp3) is 0.158. The third-order valence-corrected chi connectivity index (χ3v) is 4.69. The van der Waals surface area contributed by atoms with Crippen LogP contribution < -0.4 is 5.32 Å². The Hall–Kier alpha value is -3.07. The molecule has 0 spiro atoms. The summed E-state index contributed by atoms with van der Waals surface area (Å²) < 4.78 is 25.6. The molecule has 0 unspecified atom stereocenters. The SMILES string of the molecule is C=C/C=C(/NC(=O)CSc1nnc2c(n1)[nH]c1ccc(C)cc12)C(=C)C(F)F. The minimum atomic E-state index is -2.78. The van der Waals surface area contributed by atoms with Gasteiger partial charge < -0.3 is 10.3 Å². The molecule has 0 radical (unpaired) electrons. The van der Waals surface area contributed by atoms with Crippen molar-refractivity contribution in [1.29, 1.82) is 0 Å². The first-order chi connectivity index (χ1) is 13.4. The zero-order chi connectivity index (χ0) is 20.3. The van der Waals surface area contributed by atoms with Gasteiger partial charge in [-0.2, -0.15) is 0 Å². The van der Waals surface area contributed by atoms with Gasteiger partial charge in [0, 0.05) is 22.2 Å². The van der Waals surface area contributed by atoms with E-state index < -0.39 is 17.9 Å². The van der Waals surface area contributed by atoms with Crippen molar-refractivity contribution in [3.8, 4) is 0 Å². The van der Waals surface area contributed by atoms with Gasteiger partial charge in [-0.3, -0.25) is 4.79 Å². The lowest BCUT2D eigenvalue weighted by molar-refractivity contribution is -0.117. The number of alkyl halides is 2. The number of allylic oxidation sites excluding steroid dienone is 3. The standard InChI is InChI=1S/C19H17F2N5OS/c1-4-5-13(11(3)17(20)21)22-15(27)9-28-19-24-18-16(25-26-19)12-8-10(2)6-7-14(12)23-18/h4-8,17H,1,3,9H2,2H3,(H,22,27)(H,23,24,26)/b13-5+. The average molecular weight is 401 g/mol. The average Bonchev–Trinajstić information content (AvgIpc) is 3.02. The van der Waals surface area contributed by atoms with Crippen molar-refractivity contribution in [1.82, 2.24) is 25.5 Å². The lowest BCUT2D eigenvalue weighted by atomic mass is 10.2. The molecule has 0 aliphatic heterocycles. The van der Waals surface area contributed by atoms with E-state index >= 15 is 0 Å². The van der Waals surface area contributed by atoms with Gasteiger partial charge in [0.25, 0.3) is 6.43 Å². The monoisotopic (exact) mass is 401 g/mol. The minimum absolute atomic E-state index is 0.0719. The molecule has 1 aromatic carbocycles. The Morgan fingerprint density at radius 1 is 1.39 bits per heavy atom. The zero-order valence-corrected chi connectivity index (χ0v) is 15.8. The van der Waals surface area contributed by atoms with Crippen molar-refractivity contribution in [2.24, 2.45) is 0 Å². The van der Waals surface area contributed by atoms with E-state index in [0.29, 0.717) is 16.3 Å². The number of nitrogens with one attached hydrogen (secondary N) is 2. The number of hydrogen-bond donors (Lipinski definition) is 2. The molecule has 0 aliphatic carbocycles. The number of halogens is 2. The predicted octanol–water partition coefficient (Wildman–Crippen LogP) is 3.91. The first-order valence-electron chi connectivity index (χ1n) is 8.24. The highest BCUT2D eigenvalue weighted by Crippen LogP contribution is 2.24. The molecular weight excluding hydrogens is 384 g/mol. The lowest BCUT2D eigenvalue weighted by Crippen LogP contribution is -2.26. The van der Waals surface area contributed by atoms with Crippen LogP contribution in [-0.4, -0.2) is 38.3 Å². The van der Waals surface area contributed by atoms with Crippen LogP contribution in [0, 0.1) is 6.92 Å². The molecule has 0 fully saturated rings. The smallest absolute Gasteiger partial charge is 0.265 e. The molecule has 1 amide bonds. The van der Waals surface area contributed by atoms with Crippen LogP contribution in [0.1, 0.15) is 5.56 Å². The molecule has 0 bridgehead atoms. The molecular formula is C19H17F2N5OS. The van der Waals surface area contributed by atoms with Crippen LogP contribution in [0.3, 0.4) is 0 Å². The molecule has 6 nitrogen and oxygen atoms in total. The molecule has 0 saturated carbocycles. The molecule has 2 heterocycles. The van der Waals surface area contributed by atoms with Crippen LogP contribution in [0.15, 0.2) is 59.9 Å². The maximum Gasteiger partial charge on any atom is 0.265 e. The van der Waals surface area contributed by atoms with E-state index in [4.69, 9.17) is 0 Å². The van der Waals surface area contributed by atoms with Crippen molar-refractivity contribution < 1.29 is 13.6 Å². The van der Waals surface area contributed by atoms with Gasteiger partial charge >= 0.3 is 0 Å². The normalized spacial score (nSPS) is 11.9. The van der Waals surface area contributed by atoms with Crippen LogP contribution in [0.4, 0.5) is 8.78 Å². The summed E-state index contributed by atoms with van der Waals surface area (Å²) in [7, 11) is 0.